The van der Waals surface area contributed by atoms with Crippen molar-refractivity contribution < 1.29 is 13.9 Å². The lowest BCUT2D eigenvalue weighted by atomic mass is 9.93. The number of hydrogen-bond acceptors (Lipinski definition) is 5. The third-order valence-corrected chi connectivity index (χ3v) is 5.13. The van der Waals surface area contributed by atoms with Gasteiger partial charge in [0.05, 0.1) is 12.7 Å². The molecule has 0 aliphatic rings. The molecule has 5 nitrogen and oxygen atoms in total. The maximum absolute atomic E-state index is 13.1. The molecule has 5 heteroatoms. The Morgan fingerprint density at radius 2 is 1.52 bits per heavy atom. The van der Waals surface area contributed by atoms with Gasteiger partial charge in [0.15, 0.2) is 0 Å². The molecule has 0 amide bonds. The highest BCUT2D eigenvalue weighted by Gasteiger charge is 2.18. The normalized spacial score (nSPS) is 11.1. The zero-order valence-corrected chi connectivity index (χ0v) is 17.9. The van der Waals surface area contributed by atoms with Crippen molar-refractivity contribution in [2.24, 2.45) is 0 Å². The van der Waals surface area contributed by atoms with Crippen LogP contribution in [0.15, 0.2) is 82.0 Å². The van der Waals surface area contributed by atoms with E-state index >= 15 is 0 Å². The molecule has 158 valence electrons. The second-order valence-corrected chi connectivity index (χ2v) is 7.54. The number of fused-ring (bicyclic) bond motifs is 1. The van der Waals surface area contributed by atoms with Crippen LogP contribution in [-0.4, -0.2) is 39.3 Å². The fourth-order valence-corrected chi connectivity index (χ4v) is 3.54. The van der Waals surface area contributed by atoms with Crippen LogP contribution in [0.25, 0.3) is 33.2 Å². The summed E-state index contributed by atoms with van der Waals surface area (Å²) >= 11 is 0. The van der Waals surface area contributed by atoms with Crippen LogP contribution in [0, 0.1) is 0 Å². The van der Waals surface area contributed by atoms with Gasteiger partial charge >= 0.3 is 5.63 Å². The van der Waals surface area contributed by atoms with Gasteiger partial charge in [-0.15, -0.1) is 0 Å². The molecule has 31 heavy (non-hydrogen) atoms. The van der Waals surface area contributed by atoms with Crippen molar-refractivity contribution in [2.45, 2.75) is 0 Å². The minimum atomic E-state index is -0.388. The van der Waals surface area contributed by atoms with E-state index < -0.39 is 0 Å². The molecule has 1 aromatic heterocycles. The Balaban J connectivity index is 1.84. The summed E-state index contributed by atoms with van der Waals surface area (Å²) < 4.78 is 16.8. The molecule has 0 radical (unpaired) electrons. The molecule has 4 rings (SSSR count). The molecule has 0 saturated heterocycles. The molecule has 0 N–H and O–H groups in total. The first kappa shape index (κ1) is 20.7. The highest BCUT2D eigenvalue weighted by atomic mass is 16.5. The van der Waals surface area contributed by atoms with E-state index in [1.807, 2.05) is 80.8 Å². The van der Waals surface area contributed by atoms with Gasteiger partial charge in [-0.2, -0.15) is 0 Å². The average Bonchev–Trinajstić information content (AvgIpc) is 2.78. The summed E-state index contributed by atoms with van der Waals surface area (Å²) in [6.45, 7) is 1.43. The molecule has 0 atom stereocenters. The second kappa shape index (κ2) is 9.06. The fourth-order valence-electron chi connectivity index (χ4n) is 3.54. The van der Waals surface area contributed by atoms with Gasteiger partial charge in [-0.3, -0.25) is 0 Å². The molecule has 0 fully saturated rings. The number of hydrogen-bond donors (Lipinski definition) is 0. The molecule has 0 aliphatic carbocycles. The Bertz CT molecular complexity index is 1230. The van der Waals surface area contributed by atoms with Crippen molar-refractivity contribution in [1.82, 2.24) is 4.90 Å². The Kier molecular flexibility index (Phi) is 6.05. The molecular formula is C26H25NO4. The summed E-state index contributed by atoms with van der Waals surface area (Å²) in [5, 5.41) is 0.855. The van der Waals surface area contributed by atoms with Crippen LogP contribution in [0.1, 0.15) is 0 Å². The van der Waals surface area contributed by atoms with Gasteiger partial charge in [-0.05, 0) is 49.5 Å². The van der Waals surface area contributed by atoms with E-state index in [9.17, 15) is 4.79 Å². The number of ether oxygens (including phenoxy) is 2. The van der Waals surface area contributed by atoms with E-state index in [4.69, 9.17) is 13.9 Å². The van der Waals surface area contributed by atoms with Crippen LogP contribution in [0.5, 0.6) is 11.5 Å². The van der Waals surface area contributed by atoms with E-state index in [0.717, 1.165) is 34.4 Å². The van der Waals surface area contributed by atoms with Gasteiger partial charge in [0.25, 0.3) is 0 Å². The molecule has 0 saturated carbocycles. The topological polar surface area (TPSA) is 51.9 Å². The number of likely N-dealkylation sites (N-methyl/N-ethyl adjacent to an activating group) is 1. The summed E-state index contributed by atoms with van der Waals surface area (Å²) in [4.78, 5) is 15.2. The minimum absolute atomic E-state index is 0.388. The van der Waals surface area contributed by atoms with Crippen molar-refractivity contribution in [2.75, 3.05) is 34.4 Å². The first-order chi connectivity index (χ1) is 15.1. The maximum Gasteiger partial charge on any atom is 0.344 e. The Labute approximate surface area is 181 Å². The lowest BCUT2D eigenvalue weighted by molar-refractivity contribution is 0.261. The Morgan fingerprint density at radius 3 is 2.19 bits per heavy atom. The number of benzene rings is 3. The van der Waals surface area contributed by atoms with Crippen molar-refractivity contribution in [3.63, 3.8) is 0 Å². The van der Waals surface area contributed by atoms with E-state index in [-0.39, 0.29) is 5.63 Å². The van der Waals surface area contributed by atoms with Crippen LogP contribution >= 0.6 is 0 Å². The predicted molar refractivity (Wildman–Crippen MR) is 124 cm³/mol. The molecule has 3 aromatic carbocycles. The van der Waals surface area contributed by atoms with E-state index in [1.165, 1.54) is 0 Å². The van der Waals surface area contributed by atoms with Gasteiger partial charge in [-0.25, -0.2) is 4.79 Å². The molecule has 0 spiro atoms. The molecule has 0 unspecified atom stereocenters. The summed E-state index contributed by atoms with van der Waals surface area (Å²) in [5.41, 5.74) is 3.22. The molecular weight excluding hydrogens is 390 g/mol. The quantitative estimate of drug-likeness (QED) is 0.394. The predicted octanol–water partition coefficient (Wildman–Crippen LogP) is 5.08. The van der Waals surface area contributed by atoms with Crippen molar-refractivity contribution in [1.29, 1.82) is 0 Å². The van der Waals surface area contributed by atoms with Crippen LogP contribution < -0.4 is 15.1 Å². The summed E-state index contributed by atoms with van der Waals surface area (Å²) in [6.07, 6.45) is 0. The molecule has 0 aliphatic heterocycles. The lowest BCUT2D eigenvalue weighted by Crippen LogP contribution is -2.19. The zero-order valence-electron chi connectivity index (χ0n) is 17.9. The fraction of sp³-hybridized carbons (Fsp3) is 0.192. The third kappa shape index (κ3) is 4.47. The number of methoxy groups -OCH3 is 1. The summed E-state index contributed by atoms with van der Waals surface area (Å²) in [6, 6.07) is 23.0. The van der Waals surface area contributed by atoms with Crippen LogP contribution in [0.3, 0.4) is 0 Å². The van der Waals surface area contributed by atoms with Gasteiger partial charge < -0.3 is 18.8 Å². The monoisotopic (exact) mass is 415 g/mol. The number of nitrogens with zero attached hydrogens (tertiary/aromatic N) is 1. The summed E-state index contributed by atoms with van der Waals surface area (Å²) in [7, 11) is 5.60. The van der Waals surface area contributed by atoms with Gasteiger partial charge in [-0.1, -0.05) is 42.5 Å². The van der Waals surface area contributed by atoms with Crippen molar-refractivity contribution in [3.05, 3.63) is 83.2 Å². The third-order valence-electron chi connectivity index (χ3n) is 5.13. The Hall–Kier alpha value is -3.57. The smallest absolute Gasteiger partial charge is 0.344 e. The van der Waals surface area contributed by atoms with E-state index in [1.54, 1.807) is 13.2 Å². The molecule has 1 heterocycles. The zero-order chi connectivity index (χ0) is 21.8. The van der Waals surface area contributed by atoms with Gasteiger partial charge in [0, 0.05) is 23.6 Å². The number of rotatable bonds is 7. The largest absolute Gasteiger partial charge is 0.497 e. The van der Waals surface area contributed by atoms with Gasteiger partial charge in [0.2, 0.25) is 0 Å². The first-order valence-electron chi connectivity index (χ1n) is 10.1. The van der Waals surface area contributed by atoms with Gasteiger partial charge in [0.1, 0.15) is 23.7 Å². The van der Waals surface area contributed by atoms with E-state index in [0.29, 0.717) is 23.5 Å². The summed E-state index contributed by atoms with van der Waals surface area (Å²) in [5.74, 6) is 1.41. The second-order valence-electron chi connectivity index (χ2n) is 7.54. The lowest BCUT2D eigenvalue weighted by Gasteiger charge is -2.14. The standard InChI is InChI=1S/C26H25NO4/c1-27(2)15-16-30-20-11-9-19(10-12-20)25-24(18-7-5-4-6-8-18)22-14-13-21(29-3)17-23(22)31-26(25)28/h4-14,17H,15-16H2,1-3H3. The Morgan fingerprint density at radius 1 is 0.839 bits per heavy atom. The van der Waals surface area contributed by atoms with E-state index in [2.05, 4.69) is 4.90 Å². The van der Waals surface area contributed by atoms with Crippen LogP contribution in [0.4, 0.5) is 0 Å². The van der Waals surface area contributed by atoms with Crippen molar-refractivity contribution in [3.8, 4) is 33.8 Å². The minimum Gasteiger partial charge on any atom is -0.497 e. The highest BCUT2D eigenvalue weighted by Crippen LogP contribution is 2.37. The van der Waals surface area contributed by atoms with Crippen molar-refractivity contribution >= 4 is 11.0 Å². The highest BCUT2D eigenvalue weighted by molar-refractivity contribution is 6.01. The first-order valence-corrected chi connectivity index (χ1v) is 10.1. The maximum atomic E-state index is 13.1. The molecule has 0 bridgehead atoms. The average molecular weight is 415 g/mol. The van der Waals surface area contributed by atoms with Crippen LogP contribution in [0.2, 0.25) is 0 Å². The SMILES string of the molecule is COc1ccc2c(-c3ccccc3)c(-c3ccc(OCCN(C)C)cc3)c(=O)oc2c1. The molecule has 4 aromatic rings. The van der Waals surface area contributed by atoms with Crippen LogP contribution in [-0.2, 0) is 0 Å².